The Morgan fingerprint density at radius 3 is 2.45 bits per heavy atom. The molecule has 0 bridgehead atoms. The van der Waals surface area contributed by atoms with E-state index in [-0.39, 0.29) is 29.1 Å². The summed E-state index contributed by atoms with van der Waals surface area (Å²) in [6.07, 6.45) is 3.01. The zero-order valence-corrected chi connectivity index (χ0v) is 17.0. The van der Waals surface area contributed by atoms with Crippen LogP contribution in [-0.4, -0.2) is 31.3 Å². The van der Waals surface area contributed by atoms with E-state index >= 15 is 0 Å². The molecular formula is C22H25NO5S. The Labute approximate surface area is 171 Å². The van der Waals surface area contributed by atoms with Gasteiger partial charge >= 0.3 is 5.97 Å². The van der Waals surface area contributed by atoms with Crippen LogP contribution in [0.1, 0.15) is 48.0 Å². The minimum absolute atomic E-state index is 0.191. The highest BCUT2D eigenvalue weighted by molar-refractivity contribution is 7.92. The second-order valence-corrected chi connectivity index (χ2v) is 9.59. The summed E-state index contributed by atoms with van der Waals surface area (Å²) < 4.78 is 29.8. The molecule has 1 N–H and O–H groups in total. The molecule has 7 heteroatoms. The van der Waals surface area contributed by atoms with E-state index in [2.05, 4.69) is 5.32 Å². The van der Waals surface area contributed by atoms with Gasteiger partial charge < -0.3 is 10.1 Å². The van der Waals surface area contributed by atoms with Crippen LogP contribution in [0.2, 0.25) is 0 Å². The zero-order valence-electron chi connectivity index (χ0n) is 16.2. The number of amides is 1. The molecule has 1 aliphatic rings. The first-order valence-electron chi connectivity index (χ1n) is 9.78. The maximum Gasteiger partial charge on any atom is 0.312 e. The number of esters is 1. The van der Waals surface area contributed by atoms with Gasteiger partial charge in [0.05, 0.1) is 17.4 Å². The van der Waals surface area contributed by atoms with E-state index in [1.165, 1.54) is 6.07 Å². The number of benzene rings is 2. The normalized spacial score (nSPS) is 14.5. The fraction of sp³-hybridized carbons (Fsp3) is 0.364. The largest absolute Gasteiger partial charge is 0.426 e. The van der Waals surface area contributed by atoms with Crippen LogP contribution in [-0.2, 0) is 21.2 Å². The van der Waals surface area contributed by atoms with Crippen LogP contribution in [0.5, 0.6) is 5.75 Å². The summed E-state index contributed by atoms with van der Waals surface area (Å²) in [5.74, 6) is -0.877. The van der Waals surface area contributed by atoms with Crippen LogP contribution in [0.25, 0.3) is 0 Å². The second-order valence-electron chi connectivity index (χ2n) is 7.19. The first-order valence-corrected chi connectivity index (χ1v) is 11.5. The van der Waals surface area contributed by atoms with Gasteiger partial charge in [0.1, 0.15) is 5.75 Å². The number of sulfone groups is 1. The minimum Gasteiger partial charge on any atom is -0.426 e. The van der Waals surface area contributed by atoms with Gasteiger partial charge in [-0.3, -0.25) is 9.59 Å². The molecule has 0 aromatic heterocycles. The molecule has 2 aromatic carbocycles. The van der Waals surface area contributed by atoms with Gasteiger partial charge in [-0.05, 0) is 36.6 Å². The van der Waals surface area contributed by atoms with E-state index in [1.807, 2.05) is 30.3 Å². The van der Waals surface area contributed by atoms with Crippen molar-refractivity contribution in [2.24, 2.45) is 0 Å². The average Bonchev–Trinajstić information content (AvgIpc) is 3.28. The van der Waals surface area contributed by atoms with Gasteiger partial charge in [0.15, 0.2) is 9.84 Å². The summed E-state index contributed by atoms with van der Waals surface area (Å²) in [6.45, 7) is 0.392. The molecule has 29 heavy (non-hydrogen) atoms. The third-order valence-corrected chi connectivity index (χ3v) is 7.28. The van der Waals surface area contributed by atoms with E-state index in [0.717, 1.165) is 18.4 Å². The summed E-state index contributed by atoms with van der Waals surface area (Å²) in [5, 5.41) is 2.49. The average molecular weight is 416 g/mol. The number of ether oxygens (including phenoxy) is 1. The molecule has 154 valence electrons. The molecule has 0 aliphatic heterocycles. The third kappa shape index (κ3) is 6.15. The van der Waals surface area contributed by atoms with E-state index < -0.39 is 15.8 Å². The number of carbonyl (C=O) groups is 2. The van der Waals surface area contributed by atoms with Crippen molar-refractivity contribution in [3.05, 3.63) is 65.7 Å². The molecule has 3 rings (SSSR count). The molecule has 1 aliphatic carbocycles. The summed E-state index contributed by atoms with van der Waals surface area (Å²) in [6, 6.07) is 15.8. The lowest BCUT2D eigenvalue weighted by Crippen LogP contribution is -2.24. The summed E-state index contributed by atoms with van der Waals surface area (Å²) in [5.41, 5.74) is 1.34. The Morgan fingerprint density at radius 2 is 1.72 bits per heavy atom. The predicted molar refractivity (Wildman–Crippen MR) is 110 cm³/mol. The van der Waals surface area contributed by atoms with Gasteiger partial charge in [-0.1, -0.05) is 49.2 Å². The van der Waals surface area contributed by atoms with Crippen molar-refractivity contribution in [2.45, 2.75) is 43.9 Å². The Morgan fingerprint density at radius 1 is 1.00 bits per heavy atom. The van der Waals surface area contributed by atoms with Crippen LogP contribution in [0.15, 0.2) is 54.6 Å². The van der Waals surface area contributed by atoms with E-state index in [1.54, 1.807) is 18.2 Å². The molecule has 0 saturated heterocycles. The van der Waals surface area contributed by atoms with Crippen LogP contribution in [0.4, 0.5) is 0 Å². The van der Waals surface area contributed by atoms with E-state index in [0.29, 0.717) is 24.9 Å². The summed E-state index contributed by atoms with van der Waals surface area (Å²) in [4.78, 5) is 24.4. The highest BCUT2D eigenvalue weighted by Gasteiger charge is 2.29. The van der Waals surface area contributed by atoms with Crippen LogP contribution >= 0.6 is 0 Å². The first kappa shape index (κ1) is 21.0. The van der Waals surface area contributed by atoms with Gasteiger partial charge in [-0.15, -0.1) is 0 Å². The molecule has 0 radical (unpaired) electrons. The fourth-order valence-electron chi connectivity index (χ4n) is 3.40. The number of rotatable bonds is 8. The van der Waals surface area contributed by atoms with Gasteiger partial charge in [-0.25, -0.2) is 8.42 Å². The van der Waals surface area contributed by atoms with Crippen molar-refractivity contribution in [3.63, 3.8) is 0 Å². The first-order chi connectivity index (χ1) is 13.9. The highest BCUT2D eigenvalue weighted by Crippen LogP contribution is 2.25. The molecule has 1 fully saturated rings. The van der Waals surface area contributed by atoms with Gasteiger partial charge in [0, 0.05) is 12.1 Å². The number of nitrogens with one attached hydrogen (secondary N) is 1. The maximum absolute atomic E-state index is 12.3. The number of hydrogen-bond acceptors (Lipinski definition) is 5. The fourth-order valence-corrected chi connectivity index (χ4v) is 5.24. The third-order valence-electron chi connectivity index (χ3n) is 5.02. The van der Waals surface area contributed by atoms with Crippen molar-refractivity contribution in [2.75, 3.05) is 5.75 Å². The standard InChI is InChI=1S/C22H25NO5S/c24-21(13-14-29(26,27)20-11-4-5-12-20)28-19-10-6-9-18(15-19)22(25)23-16-17-7-2-1-3-8-17/h1-3,6-10,15,20H,4-5,11-14,16H2,(H,23,25). The van der Waals surface area contributed by atoms with Crippen LogP contribution in [0.3, 0.4) is 0 Å². The van der Waals surface area contributed by atoms with Gasteiger partial charge in [0.25, 0.3) is 5.91 Å². The smallest absolute Gasteiger partial charge is 0.312 e. The summed E-state index contributed by atoms with van der Waals surface area (Å²) in [7, 11) is -3.27. The molecule has 0 atom stereocenters. The van der Waals surface area contributed by atoms with Crippen molar-refractivity contribution >= 4 is 21.7 Å². The predicted octanol–water partition coefficient (Wildman–Crippen LogP) is 3.27. The molecule has 2 aromatic rings. The molecule has 6 nitrogen and oxygen atoms in total. The number of carbonyl (C=O) groups excluding carboxylic acids is 2. The number of hydrogen-bond donors (Lipinski definition) is 1. The van der Waals surface area contributed by atoms with Crippen molar-refractivity contribution in [1.29, 1.82) is 0 Å². The Hall–Kier alpha value is -2.67. The molecule has 0 unspecified atom stereocenters. The Kier molecular flexibility index (Phi) is 7.04. The highest BCUT2D eigenvalue weighted by atomic mass is 32.2. The van der Waals surface area contributed by atoms with E-state index in [4.69, 9.17) is 4.74 Å². The monoisotopic (exact) mass is 415 g/mol. The van der Waals surface area contributed by atoms with Gasteiger partial charge in [0.2, 0.25) is 0 Å². The Bertz CT molecular complexity index is 950. The second kappa shape index (κ2) is 9.69. The lowest BCUT2D eigenvalue weighted by atomic mass is 10.2. The van der Waals surface area contributed by atoms with Crippen LogP contribution < -0.4 is 10.1 Å². The molecule has 1 saturated carbocycles. The SMILES string of the molecule is O=C(CCS(=O)(=O)C1CCCC1)Oc1cccc(C(=O)NCc2ccccc2)c1. The lowest BCUT2D eigenvalue weighted by molar-refractivity contribution is -0.133. The quantitative estimate of drug-likeness (QED) is 0.528. The molecule has 0 spiro atoms. The topological polar surface area (TPSA) is 89.5 Å². The zero-order chi connectivity index (χ0) is 20.7. The molecule has 1 amide bonds. The Balaban J connectivity index is 1.52. The lowest BCUT2D eigenvalue weighted by Gasteiger charge is -2.11. The van der Waals surface area contributed by atoms with Crippen molar-refractivity contribution in [1.82, 2.24) is 5.32 Å². The molecular weight excluding hydrogens is 390 g/mol. The van der Waals surface area contributed by atoms with E-state index in [9.17, 15) is 18.0 Å². The minimum atomic E-state index is -3.27. The summed E-state index contributed by atoms with van der Waals surface area (Å²) >= 11 is 0. The van der Waals surface area contributed by atoms with Gasteiger partial charge in [-0.2, -0.15) is 0 Å². The van der Waals surface area contributed by atoms with Crippen LogP contribution in [0, 0.1) is 0 Å². The van der Waals surface area contributed by atoms with Crippen molar-refractivity contribution < 1.29 is 22.7 Å². The van der Waals surface area contributed by atoms with Crippen molar-refractivity contribution in [3.8, 4) is 5.75 Å². The maximum atomic E-state index is 12.3. The molecule has 0 heterocycles.